The van der Waals surface area contributed by atoms with E-state index in [9.17, 15) is 19.8 Å². The standard InChI is InChI=1S/C13H16N4O5/c1-7-4-17(13(21)15-11(7)20)12-10(19)9(8(5-18)22-12)16-3-2-14-6-16/h2-4,6,8-10,12,18-19H,5H2,1H3,(H,15,20,21)/t8-,9+,10?,12-/m1/s1. The fraction of sp³-hybridized carbons (Fsp3) is 0.462. The molecule has 9 nitrogen and oxygen atoms in total. The van der Waals surface area contributed by atoms with Gasteiger partial charge in [0.05, 0.1) is 19.0 Å². The third kappa shape index (κ3) is 2.28. The molecule has 22 heavy (non-hydrogen) atoms. The van der Waals surface area contributed by atoms with Gasteiger partial charge in [0, 0.05) is 24.2 Å². The number of nitrogens with one attached hydrogen (secondary N) is 1. The molecule has 0 amide bonds. The van der Waals surface area contributed by atoms with Gasteiger partial charge in [-0.1, -0.05) is 0 Å². The quantitative estimate of drug-likeness (QED) is 0.636. The van der Waals surface area contributed by atoms with Crippen molar-refractivity contribution in [2.75, 3.05) is 6.61 Å². The zero-order valence-corrected chi connectivity index (χ0v) is 11.8. The molecule has 1 aliphatic rings. The first-order chi connectivity index (χ1) is 10.5. The van der Waals surface area contributed by atoms with Gasteiger partial charge in [-0.25, -0.2) is 9.78 Å². The van der Waals surface area contributed by atoms with Gasteiger partial charge in [0.1, 0.15) is 12.2 Å². The Morgan fingerprint density at radius 3 is 2.86 bits per heavy atom. The zero-order valence-electron chi connectivity index (χ0n) is 11.8. The molecule has 2 aromatic heterocycles. The molecular weight excluding hydrogens is 292 g/mol. The number of aromatic nitrogens is 4. The Hall–Kier alpha value is -2.23. The highest BCUT2D eigenvalue weighted by Crippen LogP contribution is 2.36. The summed E-state index contributed by atoms with van der Waals surface area (Å²) in [6, 6.07) is -0.586. The lowest BCUT2D eigenvalue weighted by Gasteiger charge is -2.20. The van der Waals surface area contributed by atoms with Gasteiger partial charge in [-0.05, 0) is 6.92 Å². The Labute approximate surface area is 124 Å². The van der Waals surface area contributed by atoms with Crippen LogP contribution in [0.1, 0.15) is 17.8 Å². The number of imidazole rings is 1. The second-order valence-corrected chi connectivity index (χ2v) is 5.22. The van der Waals surface area contributed by atoms with Gasteiger partial charge < -0.3 is 19.5 Å². The highest BCUT2D eigenvalue weighted by molar-refractivity contribution is 5.04. The molecule has 4 atom stereocenters. The lowest BCUT2D eigenvalue weighted by atomic mass is 10.1. The van der Waals surface area contributed by atoms with Crippen molar-refractivity contribution in [3.63, 3.8) is 0 Å². The van der Waals surface area contributed by atoms with Crippen molar-refractivity contribution < 1.29 is 14.9 Å². The predicted octanol–water partition coefficient (Wildman–Crippen LogP) is -1.47. The molecule has 0 spiro atoms. The molecule has 1 fully saturated rings. The van der Waals surface area contributed by atoms with Gasteiger partial charge in [0.15, 0.2) is 6.23 Å². The molecule has 3 rings (SSSR count). The predicted molar refractivity (Wildman–Crippen MR) is 74.3 cm³/mol. The molecule has 0 aromatic carbocycles. The number of aliphatic hydroxyl groups excluding tert-OH is 2. The number of nitrogens with zero attached hydrogens (tertiary/aromatic N) is 3. The number of hydrogen-bond donors (Lipinski definition) is 3. The highest BCUT2D eigenvalue weighted by atomic mass is 16.5. The van der Waals surface area contributed by atoms with Crippen LogP contribution >= 0.6 is 0 Å². The van der Waals surface area contributed by atoms with Gasteiger partial charge in [-0.15, -0.1) is 0 Å². The fourth-order valence-electron chi connectivity index (χ4n) is 2.70. The molecule has 1 aliphatic heterocycles. The number of hydrogen-bond acceptors (Lipinski definition) is 6. The summed E-state index contributed by atoms with van der Waals surface area (Å²) in [4.78, 5) is 29.5. The Bertz CT molecular complexity index is 765. The molecule has 1 saturated heterocycles. The summed E-state index contributed by atoms with van der Waals surface area (Å²) in [5.41, 5.74) is -0.844. The number of aryl methyl sites for hydroxylation is 1. The van der Waals surface area contributed by atoms with E-state index >= 15 is 0 Å². The third-order valence-corrected chi connectivity index (χ3v) is 3.81. The summed E-state index contributed by atoms with van der Waals surface area (Å²) in [6.45, 7) is 1.22. The van der Waals surface area contributed by atoms with E-state index in [1.165, 1.54) is 12.5 Å². The number of rotatable bonds is 3. The summed E-state index contributed by atoms with van der Waals surface area (Å²) in [6.07, 6.45) is 3.23. The van der Waals surface area contributed by atoms with Crippen molar-refractivity contribution in [3.8, 4) is 0 Å². The van der Waals surface area contributed by atoms with Crippen LogP contribution in [0.3, 0.4) is 0 Å². The van der Waals surface area contributed by atoms with Crippen LogP contribution in [0.5, 0.6) is 0 Å². The van der Waals surface area contributed by atoms with Crippen molar-refractivity contribution in [2.24, 2.45) is 0 Å². The molecule has 0 radical (unpaired) electrons. The molecule has 2 aromatic rings. The van der Waals surface area contributed by atoms with E-state index in [-0.39, 0.29) is 6.61 Å². The van der Waals surface area contributed by atoms with E-state index in [4.69, 9.17) is 4.74 Å². The van der Waals surface area contributed by atoms with Crippen LogP contribution in [0.15, 0.2) is 34.5 Å². The van der Waals surface area contributed by atoms with Crippen LogP contribution < -0.4 is 11.2 Å². The first-order valence-corrected chi connectivity index (χ1v) is 6.77. The minimum absolute atomic E-state index is 0.321. The minimum atomic E-state index is -1.09. The lowest BCUT2D eigenvalue weighted by molar-refractivity contribution is -0.0535. The van der Waals surface area contributed by atoms with E-state index in [0.717, 1.165) is 4.57 Å². The summed E-state index contributed by atoms with van der Waals surface area (Å²) < 4.78 is 8.36. The summed E-state index contributed by atoms with van der Waals surface area (Å²) in [5.74, 6) is 0. The molecule has 0 saturated carbocycles. The van der Waals surface area contributed by atoms with E-state index in [1.807, 2.05) is 0 Å². The average Bonchev–Trinajstić information content (AvgIpc) is 3.10. The second-order valence-electron chi connectivity index (χ2n) is 5.22. The van der Waals surface area contributed by atoms with Gasteiger partial charge in [-0.3, -0.25) is 14.3 Å². The van der Waals surface area contributed by atoms with E-state index in [0.29, 0.717) is 5.56 Å². The summed E-state index contributed by atoms with van der Waals surface area (Å²) in [7, 11) is 0. The van der Waals surface area contributed by atoms with Gasteiger partial charge in [-0.2, -0.15) is 0 Å². The zero-order chi connectivity index (χ0) is 15.9. The first kappa shape index (κ1) is 14.7. The number of aliphatic hydroxyl groups is 2. The van der Waals surface area contributed by atoms with Crippen LogP contribution in [0, 0.1) is 6.92 Å². The van der Waals surface area contributed by atoms with Crippen molar-refractivity contribution >= 4 is 0 Å². The fourth-order valence-corrected chi connectivity index (χ4v) is 2.70. The third-order valence-electron chi connectivity index (χ3n) is 3.81. The Balaban J connectivity index is 2.01. The summed E-state index contributed by atoms with van der Waals surface area (Å²) >= 11 is 0. The van der Waals surface area contributed by atoms with E-state index in [2.05, 4.69) is 9.97 Å². The Morgan fingerprint density at radius 1 is 1.45 bits per heavy atom. The van der Waals surface area contributed by atoms with Crippen LogP contribution in [0.25, 0.3) is 0 Å². The summed E-state index contributed by atoms with van der Waals surface area (Å²) in [5, 5.41) is 20.0. The molecular formula is C13H16N4O5. The smallest absolute Gasteiger partial charge is 0.330 e. The van der Waals surface area contributed by atoms with Crippen LogP contribution in [-0.4, -0.2) is 48.1 Å². The van der Waals surface area contributed by atoms with E-state index < -0.39 is 35.7 Å². The molecule has 0 aliphatic carbocycles. The molecule has 1 unspecified atom stereocenters. The lowest BCUT2D eigenvalue weighted by Crippen LogP contribution is -2.37. The van der Waals surface area contributed by atoms with Gasteiger partial charge in [0.2, 0.25) is 0 Å². The normalized spacial score (nSPS) is 28.1. The minimum Gasteiger partial charge on any atom is -0.394 e. The Morgan fingerprint density at radius 2 is 2.23 bits per heavy atom. The van der Waals surface area contributed by atoms with Crippen LogP contribution in [0.2, 0.25) is 0 Å². The molecule has 3 N–H and O–H groups in total. The number of H-pyrrole nitrogens is 1. The monoisotopic (exact) mass is 308 g/mol. The largest absolute Gasteiger partial charge is 0.394 e. The van der Waals surface area contributed by atoms with Crippen LogP contribution in [-0.2, 0) is 4.74 Å². The number of aromatic amines is 1. The topological polar surface area (TPSA) is 122 Å². The van der Waals surface area contributed by atoms with Crippen LogP contribution in [0.4, 0.5) is 0 Å². The maximum absolute atomic E-state index is 11.9. The highest BCUT2D eigenvalue weighted by Gasteiger charge is 2.45. The first-order valence-electron chi connectivity index (χ1n) is 6.77. The van der Waals surface area contributed by atoms with Crippen molar-refractivity contribution in [3.05, 3.63) is 51.3 Å². The SMILES string of the molecule is Cc1cn([C@@H]2O[C@H](CO)[C@H](n3ccnc3)C2O)c(=O)[nH]c1=O. The van der Waals surface area contributed by atoms with Crippen molar-refractivity contribution in [1.29, 1.82) is 0 Å². The van der Waals surface area contributed by atoms with Gasteiger partial charge >= 0.3 is 5.69 Å². The molecule has 9 heteroatoms. The molecule has 0 bridgehead atoms. The Kier molecular flexibility index (Phi) is 3.69. The maximum Gasteiger partial charge on any atom is 0.330 e. The van der Waals surface area contributed by atoms with Gasteiger partial charge in [0.25, 0.3) is 5.56 Å². The van der Waals surface area contributed by atoms with Crippen molar-refractivity contribution in [1.82, 2.24) is 19.1 Å². The average molecular weight is 308 g/mol. The van der Waals surface area contributed by atoms with E-state index in [1.54, 1.807) is 23.9 Å². The molecule has 3 heterocycles. The second kappa shape index (κ2) is 5.52. The van der Waals surface area contributed by atoms with Crippen molar-refractivity contribution in [2.45, 2.75) is 31.4 Å². The molecule has 118 valence electrons. The number of ether oxygens (including phenoxy) is 1. The maximum atomic E-state index is 11.9.